The monoisotopic (exact) mass is 382 g/mol. The van der Waals surface area contributed by atoms with Crippen molar-refractivity contribution in [2.75, 3.05) is 7.11 Å². The average molecular weight is 382 g/mol. The zero-order valence-corrected chi connectivity index (χ0v) is 16.5. The largest absolute Gasteiger partial charge is 0.497 e. The van der Waals surface area contributed by atoms with Crippen molar-refractivity contribution in [3.05, 3.63) is 23.8 Å². The summed E-state index contributed by atoms with van der Waals surface area (Å²) < 4.78 is 11.7. The number of ether oxygens (including phenoxy) is 2. The summed E-state index contributed by atoms with van der Waals surface area (Å²) in [7, 11) is 1.59. The zero-order chi connectivity index (χ0) is 20.1. The van der Waals surface area contributed by atoms with Gasteiger partial charge in [-0.05, 0) is 51.2 Å². The highest BCUT2D eigenvalue weighted by atomic mass is 16.5. The zero-order valence-electron chi connectivity index (χ0n) is 16.5. The molecule has 1 aromatic carbocycles. The lowest BCUT2D eigenvalue weighted by molar-refractivity contribution is -0.147. The van der Waals surface area contributed by atoms with Gasteiger partial charge in [-0.1, -0.05) is 5.92 Å². The van der Waals surface area contributed by atoms with Crippen LogP contribution in [-0.2, 0) is 4.79 Å². The smallest absolute Gasteiger partial charge is 0.258 e. The third-order valence-corrected chi connectivity index (χ3v) is 6.40. The van der Waals surface area contributed by atoms with Crippen molar-refractivity contribution >= 4 is 11.8 Å². The Morgan fingerprint density at radius 1 is 1.43 bits per heavy atom. The molecule has 4 aliphatic rings. The van der Waals surface area contributed by atoms with Crippen LogP contribution in [-0.4, -0.2) is 30.2 Å². The van der Waals surface area contributed by atoms with Gasteiger partial charge in [0.15, 0.2) is 5.72 Å². The van der Waals surface area contributed by atoms with Gasteiger partial charge in [-0.2, -0.15) is 0 Å². The number of amides is 2. The van der Waals surface area contributed by atoms with Crippen LogP contribution in [0.2, 0.25) is 0 Å². The van der Waals surface area contributed by atoms with Gasteiger partial charge >= 0.3 is 0 Å². The Morgan fingerprint density at radius 2 is 2.21 bits per heavy atom. The number of methoxy groups -OCH3 is 1. The van der Waals surface area contributed by atoms with Crippen LogP contribution in [0.4, 0.5) is 0 Å². The van der Waals surface area contributed by atoms with E-state index in [1.165, 1.54) is 0 Å². The molecule has 1 spiro atoms. The number of terminal acetylenes is 1. The van der Waals surface area contributed by atoms with E-state index in [1.807, 2.05) is 13.8 Å². The minimum Gasteiger partial charge on any atom is -0.497 e. The summed E-state index contributed by atoms with van der Waals surface area (Å²) in [6, 6.07) is 5.23. The van der Waals surface area contributed by atoms with Crippen molar-refractivity contribution in [1.29, 1.82) is 0 Å². The highest BCUT2D eigenvalue weighted by Crippen LogP contribution is 2.52. The van der Waals surface area contributed by atoms with E-state index in [4.69, 9.17) is 15.9 Å². The van der Waals surface area contributed by atoms with E-state index in [2.05, 4.69) is 16.6 Å². The molecule has 28 heavy (non-hydrogen) atoms. The van der Waals surface area contributed by atoms with E-state index in [0.717, 1.165) is 12.8 Å². The number of benzene rings is 1. The molecule has 3 aliphatic carbocycles. The second-order valence-electron chi connectivity index (χ2n) is 8.65. The summed E-state index contributed by atoms with van der Waals surface area (Å²) in [6.07, 6.45) is 8.68. The lowest BCUT2D eigenvalue weighted by Crippen LogP contribution is -2.67. The number of hydrogen-bond donors (Lipinski definition) is 2. The highest BCUT2D eigenvalue weighted by Gasteiger charge is 2.57. The van der Waals surface area contributed by atoms with Gasteiger partial charge in [0.1, 0.15) is 11.5 Å². The summed E-state index contributed by atoms with van der Waals surface area (Å²) >= 11 is 0. The van der Waals surface area contributed by atoms with Gasteiger partial charge in [-0.3, -0.25) is 9.59 Å². The summed E-state index contributed by atoms with van der Waals surface area (Å²) in [5.41, 5.74) is -0.910. The van der Waals surface area contributed by atoms with E-state index in [9.17, 15) is 9.59 Å². The van der Waals surface area contributed by atoms with E-state index in [1.54, 1.807) is 25.3 Å². The summed E-state index contributed by atoms with van der Waals surface area (Å²) in [5, 5.41) is 6.08. The second-order valence-corrected chi connectivity index (χ2v) is 8.65. The van der Waals surface area contributed by atoms with Crippen molar-refractivity contribution in [2.45, 2.75) is 50.8 Å². The fourth-order valence-electron chi connectivity index (χ4n) is 4.88. The molecule has 2 amide bonds. The van der Waals surface area contributed by atoms with Crippen molar-refractivity contribution in [3.63, 3.8) is 0 Å². The van der Waals surface area contributed by atoms with E-state index >= 15 is 0 Å². The first-order valence-electron chi connectivity index (χ1n) is 9.76. The molecule has 0 unspecified atom stereocenters. The third kappa shape index (κ3) is 2.99. The van der Waals surface area contributed by atoms with Gasteiger partial charge in [0.2, 0.25) is 5.91 Å². The van der Waals surface area contributed by atoms with Crippen LogP contribution in [0.5, 0.6) is 11.5 Å². The highest BCUT2D eigenvalue weighted by molar-refractivity contribution is 5.98. The van der Waals surface area contributed by atoms with Gasteiger partial charge in [0.25, 0.3) is 5.91 Å². The molecule has 0 aromatic heterocycles. The molecule has 0 saturated heterocycles. The summed E-state index contributed by atoms with van der Waals surface area (Å²) in [6.45, 7) is 3.64. The van der Waals surface area contributed by atoms with Gasteiger partial charge in [0, 0.05) is 24.3 Å². The van der Waals surface area contributed by atoms with Crippen molar-refractivity contribution in [1.82, 2.24) is 10.6 Å². The molecule has 1 heterocycles. The first kappa shape index (κ1) is 18.7. The van der Waals surface area contributed by atoms with E-state index in [0.29, 0.717) is 29.9 Å². The maximum absolute atomic E-state index is 12.8. The molecule has 2 bridgehead atoms. The lowest BCUT2D eigenvalue weighted by atomic mass is 9.59. The van der Waals surface area contributed by atoms with Crippen molar-refractivity contribution in [3.8, 4) is 23.8 Å². The Balaban J connectivity index is 1.57. The Kier molecular flexibility index (Phi) is 4.29. The molecule has 0 radical (unpaired) electrons. The summed E-state index contributed by atoms with van der Waals surface area (Å²) in [4.78, 5) is 25.6. The number of carbonyl (C=O) groups excluding carboxylic acids is 2. The van der Waals surface area contributed by atoms with Crippen molar-refractivity contribution < 1.29 is 19.1 Å². The van der Waals surface area contributed by atoms with Crippen LogP contribution in [0.15, 0.2) is 18.2 Å². The molecule has 1 aliphatic heterocycles. The molecule has 148 valence electrons. The van der Waals surface area contributed by atoms with E-state index in [-0.39, 0.29) is 29.6 Å². The fraction of sp³-hybridized carbons (Fsp3) is 0.545. The number of nitrogens with one attached hydrogen (secondary N) is 2. The first-order chi connectivity index (χ1) is 13.3. The van der Waals surface area contributed by atoms with Crippen LogP contribution in [0.3, 0.4) is 0 Å². The van der Waals surface area contributed by atoms with Crippen LogP contribution >= 0.6 is 0 Å². The molecule has 1 aromatic rings. The Labute approximate surface area is 165 Å². The standard InChI is InChI=1S/C22H26N2O4/c1-5-21(2,3)23-20(26)17-10-14-7-6-13(17)12-22(14)24-19(25)16-9-8-15(27-4)11-18(16)28-22/h1,8-9,11,13-14,17H,6-7,10,12H2,2-4H3,(H,23,26)(H,24,25)/t13-,14+,17-,22+/m0/s1. The first-order valence-corrected chi connectivity index (χ1v) is 9.76. The fourth-order valence-corrected chi connectivity index (χ4v) is 4.88. The molecule has 5 rings (SSSR count). The molecular formula is C22H26N2O4. The molecule has 6 nitrogen and oxygen atoms in total. The lowest BCUT2D eigenvalue weighted by Gasteiger charge is -2.55. The second kappa shape index (κ2) is 6.44. The molecule has 4 atom stereocenters. The maximum Gasteiger partial charge on any atom is 0.258 e. The molecule has 3 fully saturated rings. The van der Waals surface area contributed by atoms with Crippen molar-refractivity contribution in [2.24, 2.45) is 17.8 Å². The van der Waals surface area contributed by atoms with Crippen LogP contribution in [0.1, 0.15) is 49.9 Å². The maximum atomic E-state index is 12.8. The number of carbonyl (C=O) groups is 2. The molecule has 3 saturated carbocycles. The average Bonchev–Trinajstić information content (AvgIpc) is 2.67. The number of fused-ring (bicyclic) bond motifs is 3. The molecule has 6 heteroatoms. The van der Waals surface area contributed by atoms with Gasteiger partial charge in [-0.15, -0.1) is 6.42 Å². The number of rotatable bonds is 3. The normalized spacial score (nSPS) is 30.6. The molecule has 2 N–H and O–H groups in total. The molecular weight excluding hydrogens is 356 g/mol. The van der Waals surface area contributed by atoms with E-state index < -0.39 is 11.3 Å². The van der Waals surface area contributed by atoms with Crippen LogP contribution in [0, 0.1) is 30.1 Å². The SMILES string of the molecule is C#CC(C)(C)NC(=O)[C@H]1C[C@H]2CC[C@H]1C[C@]21NC(=O)c2ccc(OC)cc2O1. The van der Waals surface area contributed by atoms with Crippen LogP contribution in [0.25, 0.3) is 0 Å². The predicted molar refractivity (Wildman–Crippen MR) is 104 cm³/mol. The predicted octanol–water partition coefficient (Wildman–Crippen LogP) is 2.48. The quantitative estimate of drug-likeness (QED) is 0.788. The Hall–Kier alpha value is -2.68. The van der Waals surface area contributed by atoms with Gasteiger partial charge in [0.05, 0.1) is 18.2 Å². The topological polar surface area (TPSA) is 76.7 Å². The Bertz CT molecular complexity index is 872. The van der Waals surface area contributed by atoms with Gasteiger partial charge < -0.3 is 20.1 Å². The van der Waals surface area contributed by atoms with Crippen LogP contribution < -0.4 is 20.1 Å². The van der Waals surface area contributed by atoms with Gasteiger partial charge in [-0.25, -0.2) is 0 Å². The summed E-state index contributed by atoms with van der Waals surface area (Å²) in [5.74, 6) is 3.79. The third-order valence-electron chi connectivity index (χ3n) is 6.40. The minimum absolute atomic E-state index is 0.00305. The minimum atomic E-state index is -0.752. The Morgan fingerprint density at radius 3 is 2.86 bits per heavy atom. The number of hydrogen-bond acceptors (Lipinski definition) is 4.